The van der Waals surface area contributed by atoms with Crippen LogP contribution in [0.5, 0.6) is 0 Å². The van der Waals surface area contributed by atoms with Gasteiger partial charge in [0.25, 0.3) is 11.8 Å². The van der Waals surface area contributed by atoms with Gasteiger partial charge in [-0.05, 0) is 43.9 Å². The van der Waals surface area contributed by atoms with Gasteiger partial charge in [0, 0.05) is 74.1 Å². The SMILES string of the molecule is Cc1c(Cl)cccc1N1CCN(C(=O)Cn2nc(C(=O)N3CCC(O)CC3)c3c2CCC(F)(F)C3)CC1. The largest absolute Gasteiger partial charge is 0.393 e. The third-order valence-corrected chi connectivity index (χ3v) is 8.19. The summed E-state index contributed by atoms with van der Waals surface area (Å²) in [6.45, 7) is 4.95. The summed E-state index contributed by atoms with van der Waals surface area (Å²) in [6, 6.07) is 5.79. The van der Waals surface area contributed by atoms with Gasteiger partial charge in [-0.25, -0.2) is 8.78 Å². The molecular formula is C26H32ClF2N5O3. The van der Waals surface area contributed by atoms with Crippen molar-refractivity contribution < 1.29 is 23.5 Å². The van der Waals surface area contributed by atoms with Crippen LogP contribution < -0.4 is 4.90 Å². The Morgan fingerprint density at radius 1 is 1.11 bits per heavy atom. The molecule has 2 amide bonds. The van der Waals surface area contributed by atoms with Gasteiger partial charge in [0.2, 0.25) is 5.91 Å². The number of carbonyl (C=O) groups is 2. The van der Waals surface area contributed by atoms with Gasteiger partial charge < -0.3 is 19.8 Å². The van der Waals surface area contributed by atoms with Crippen molar-refractivity contribution in [3.63, 3.8) is 0 Å². The van der Waals surface area contributed by atoms with Crippen LogP contribution in [0.1, 0.15) is 46.6 Å². The van der Waals surface area contributed by atoms with Crippen LogP contribution >= 0.6 is 11.6 Å². The highest BCUT2D eigenvalue weighted by Gasteiger charge is 2.40. The molecule has 37 heavy (non-hydrogen) atoms. The van der Waals surface area contributed by atoms with Crippen molar-refractivity contribution in [1.82, 2.24) is 19.6 Å². The minimum atomic E-state index is -2.91. The number of aliphatic hydroxyl groups excluding tert-OH is 1. The van der Waals surface area contributed by atoms with Crippen molar-refractivity contribution in [1.29, 1.82) is 0 Å². The van der Waals surface area contributed by atoms with Crippen LogP contribution in [0.2, 0.25) is 5.02 Å². The first-order valence-corrected chi connectivity index (χ1v) is 13.2. The predicted octanol–water partition coefficient (Wildman–Crippen LogP) is 2.91. The number of piperidine rings is 1. The van der Waals surface area contributed by atoms with Gasteiger partial charge in [-0.1, -0.05) is 17.7 Å². The molecule has 5 rings (SSSR count). The molecule has 1 aliphatic carbocycles. The average Bonchev–Trinajstić information content (AvgIpc) is 3.21. The van der Waals surface area contributed by atoms with Crippen LogP contribution in [-0.4, -0.2) is 87.8 Å². The summed E-state index contributed by atoms with van der Waals surface area (Å²) >= 11 is 6.27. The van der Waals surface area contributed by atoms with Crippen LogP contribution in [0, 0.1) is 6.92 Å². The Kier molecular flexibility index (Phi) is 7.15. The first-order chi connectivity index (χ1) is 17.6. The number of carbonyl (C=O) groups excluding carboxylic acids is 2. The Morgan fingerprint density at radius 3 is 2.51 bits per heavy atom. The molecule has 0 spiro atoms. The maximum absolute atomic E-state index is 14.3. The molecule has 1 aromatic carbocycles. The Balaban J connectivity index is 1.30. The number of hydrogen-bond donors (Lipinski definition) is 1. The highest BCUT2D eigenvalue weighted by atomic mass is 35.5. The lowest BCUT2D eigenvalue weighted by Crippen LogP contribution is -2.50. The zero-order chi connectivity index (χ0) is 26.3. The summed E-state index contributed by atoms with van der Waals surface area (Å²) < 4.78 is 30.1. The van der Waals surface area contributed by atoms with E-state index in [1.54, 1.807) is 9.80 Å². The number of likely N-dealkylation sites (tertiary alicyclic amines) is 1. The van der Waals surface area contributed by atoms with Crippen molar-refractivity contribution in [2.75, 3.05) is 44.2 Å². The summed E-state index contributed by atoms with van der Waals surface area (Å²) in [7, 11) is 0. The molecule has 0 atom stereocenters. The molecule has 3 aliphatic rings. The molecular weight excluding hydrogens is 504 g/mol. The van der Waals surface area contributed by atoms with E-state index in [4.69, 9.17) is 11.6 Å². The number of alkyl halides is 2. The molecule has 0 unspecified atom stereocenters. The van der Waals surface area contributed by atoms with Gasteiger partial charge in [0.05, 0.1) is 6.10 Å². The third-order valence-electron chi connectivity index (χ3n) is 7.78. The molecule has 0 saturated carbocycles. The Bertz CT molecular complexity index is 1190. The third kappa shape index (κ3) is 5.31. The molecule has 3 heterocycles. The Labute approximate surface area is 219 Å². The molecule has 8 nitrogen and oxygen atoms in total. The second kappa shape index (κ2) is 10.2. The van der Waals surface area contributed by atoms with E-state index in [0.717, 1.165) is 11.3 Å². The topological polar surface area (TPSA) is 81.9 Å². The fourth-order valence-corrected chi connectivity index (χ4v) is 5.70. The van der Waals surface area contributed by atoms with E-state index >= 15 is 0 Å². The minimum absolute atomic E-state index is 0.0137. The van der Waals surface area contributed by atoms with E-state index < -0.39 is 24.4 Å². The Hall–Kier alpha value is -2.72. The molecule has 0 bridgehead atoms. The Morgan fingerprint density at radius 2 is 1.81 bits per heavy atom. The van der Waals surface area contributed by atoms with E-state index in [-0.39, 0.29) is 36.6 Å². The van der Waals surface area contributed by atoms with Gasteiger partial charge in [0.15, 0.2) is 5.69 Å². The average molecular weight is 536 g/mol. The van der Waals surface area contributed by atoms with E-state index in [1.807, 2.05) is 25.1 Å². The molecule has 1 aromatic heterocycles. The summed E-state index contributed by atoms with van der Waals surface area (Å²) in [4.78, 5) is 32.0. The lowest BCUT2D eigenvalue weighted by atomic mass is 9.92. The van der Waals surface area contributed by atoms with E-state index in [1.165, 1.54) is 4.68 Å². The molecule has 0 radical (unpaired) electrons. The number of rotatable bonds is 4. The summed E-state index contributed by atoms with van der Waals surface area (Å²) in [5.74, 6) is -3.46. The quantitative estimate of drug-likeness (QED) is 0.651. The fraction of sp³-hybridized carbons (Fsp3) is 0.577. The highest BCUT2D eigenvalue weighted by Crippen LogP contribution is 2.35. The smallest absolute Gasteiger partial charge is 0.274 e. The first kappa shape index (κ1) is 25.9. The number of benzene rings is 1. The van der Waals surface area contributed by atoms with Crippen LogP contribution in [0.25, 0.3) is 0 Å². The minimum Gasteiger partial charge on any atom is -0.393 e. The number of fused-ring (bicyclic) bond motifs is 1. The maximum atomic E-state index is 14.3. The van der Waals surface area contributed by atoms with Crippen LogP contribution in [0.4, 0.5) is 14.5 Å². The van der Waals surface area contributed by atoms with E-state index in [2.05, 4.69) is 10.00 Å². The zero-order valence-electron chi connectivity index (χ0n) is 20.9. The number of anilines is 1. The lowest BCUT2D eigenvalue weighted by molar-refractivity contribution is -0.132. The van der Waals surface area contributed by atoms with Gasteiger partial charge >= 0.3 is 0 Å². The van der Waals surface area contributed by atoms with Crippen LogP contribution in [-0.2, 0) is 24.2 Å². The van der Waals surface area contributed by atoms with Gasteiger partial charge in [-0.15, -0.1) is 0 Å². The molecule has 2 aliphatic heterocycles. The van der Waals surface area contributed by atoms with Crippen molar-refractivity contribution in [3.8, 4) is 0 Å². The second-order valence-electron chi connectivity index (χ2n) is 10.2. The summed E-state index contributed by atoms with van der Waals surface area (Å²) in [5, 5.41) is 14.9. The lowest BCUT2D eigenvalue weighted by Gasteiger charge is -2.37. The van der Waals surface area contributed by atoms with Gasteiger partial charge in [0.1, 0.15) is 6.54 Å². The van der Waals surface area contributed by atoms with Gasteiger partial charge in [-0.2, -0.15) is 5.10 Å². The van der Waals surface area contributed by atoms with Gasteiger partial charge in [-0.3, -0.25) is 14.3 Å². The predicted molar refractivity (Wildman–Crippen MR) is 135 cm³/mol. The summed E-state index contributed by atoms with van der Waals surface area (Å²) in [6.07, 6.45) is -0.377. The second-order valence-corrected chi connectivity index (χ2v) is 10.6. The normalized spacial score (nSPS) is 20.2. The number of nitrogens with zero attached hydrogens (tertiary/aromatic N) is 5. The van der Waals surface area contributed by atoms with Crippen LogP contribution in [0.15, 0.2) is 18.2 Å². The van der Waals surface area contributed by atoms with Crippen molar-refractivity contribution >= 4 is 29.1 Å². The standard InChI is InChI=1S/C26H32ClF2N5O3/c1-17-20(27)3-2-4-21(17)31-11-13-32(14-12-31)23(36)16-34-22-5-8-26(28,29)15-19(22)24(30-34)25(37)33-9-6-18(35)7-10-33/h2-4,18,35H,5-16H2,1H3. The molecule has 1 N–H and O–H groups in total. The highest BCUT2D eigenvalue weighted by molar-refractivity contribution is 6.31. The monoisotopic (exact) mass is 535 g/mol. The molecule has 2 fully saturated rings. The van der Waals surface area contributed by atoms with Crippen LogP contribution in [0.3, 0.4) is 0 Å². The number of amides is 2. The molecule has 2 saturated heterocycles. The molecule has 200 valence electrons. The van der Waals surface area contributed by atoms with Crippen molar-refractivity contribution in [3.05, 3.63) is 45.7 Å². The number of hydrogen-bond acceptors (Lipinski definition) is 5. The van der Waals surface area contributed by atoms with Crippen molar-refractivity contribution in [2.45, 2.75) is 57.6 Å². The molecule has 2 aromatic rings. The first-order valence-electron chi connectivity index (χ1n) is 12.8. The number of aliphatic hydroxyl groups is 1. The molecule has 11 heteroatoms. The van der Waals surface area contributed by atoms with E-state index in [0.29, 0.717) is 62.8 Å². The number of piperazine rings is 1. The van der Waals surface area contributed by atoms with E-state index in [9.17, 15) is 23.5 Å². The number of aromatic nitrogens is 2. The maximum Gasteiger partial charge on any atom is 0.274 e. The number of halogens is 3. The summed E-state index contributed by atoms with van der Waals surface area (Å²) in [5.41, 5.74) is 2.87. The fourth-order valence-electron chi connectivity index (χ4n) is 5.53. The van der Waals surface area contributed by atoms with Crippen molar-refractivity contribution in [2.24, 2.45) is 0 Å². The zero-order valence-corrected chi connectivity index (χ0v) is 21.7.